The summed E-state index contributed by atoms with van der Waals surface area (Å²) < 4.78 is 0. The molecule has 7 aliphatic carbocycles. The quantitative estimate of drug-likeness (QED) is 0.421. The fourth-order valence-electron chi connectivity index (χ4n) is 11.9. The average molecular weight is 538 g/mol. The lowest BCUT2D eigenvalue weighted by molar-refractivity contribution is -0.180. The predicted octanol–water partition coefficient (Wildman–Crippen LogP) is 5.18. The van der Waals surface area contributed by atoms with Crippen molar-refractivity contribution in [1.82, 2.24) is 4.90 Å². The van der Waals surface area contributed by atoms with Crippen molar-refractivity contribution in [2.75, 3.05) is 19.7 Å². The Labute approximate surface area is 235 Å². The van der Waals surface area contributed by atoms with Crippen LogP contribution in [0.2, 0.25) is 0 Å². The number of likely N-dealkylation sites (tertiary alicyclic amines) is 1. The maximum absolute atomic E-state index is 14.6. The van der Waals surface area contributed by atoms with Crippen LogP contribution in [0.5, 0.6) is 0 Å². The first-order valence-corrected chi connectivity index (χ1v) is 16.4. The summed E-state index contributed by atoms with van der Waals surface area (Å²) >= 11 is 0. The van der Waals surface area contributed by atoms with Gasteiger partial charge >= 0.3 is 0 Å². The SMILES string of the molecule is C[C@]12CC[C@H]3[C@]4(C=C[C@@]5(C=C4C(=O)C4CCCCC4)CC(O)CC[C@]35C)[C@@H]1CC[C@@]2(O)CN1CCC[C@H]1CO. The van der Waals surface area contributed by atoms with Crippen molar-refractivity contribution in [3.8, 4) is 0 Å². The summed E-state index contributed by atoms with van der Waals surface area (Å²) in [6.07, 6.45) is 21.0. The monoisotopic (exact) mass is 537 g/mol. The summed E-state index contributed by atoms with van der Waals surface area (Å²) in [5.74, 6) is 1.14. The highest BCUT2D eigenvalue weighted by Gasteiger charge is 2.74. The van der Waals surface area contributed by atoms with Crippen LogP contribution in [0.15, 0.2) is 23.8 Å². The van der Waals surface area contributed by atoms with Crippen molar-refractivity contribution in [3.05, 3.63) is 23.8 Å². The second kappa shape index (κ2) is 8.99. The van der Waals surface area contributed by atoms with Crippen LogP contribution in [0.3, 0.4) is 0 Å². The van der Waals surface area contributed by atoms with Crippen LogP contribution in [0.1, 0.15) is 104 Å². The molecular weight excluding hydrogens is 486 g/mol. The minimum Gasteiger partial charge on any atom is -0.395 e. The third-order valence-corrected chi connectivity index (χ3v) is 14.1. The van der Waals surface area contributed by atoms with Gasteiger partial charge in [-0.25, -0.2) is 0 Å². The third kappa shape index (κ3) is 3.42. The Morgan fingerprint density at radius 2 is 1.64 bits per heavy atom. The Balaban J connectivity index is 1.32. The molecule has 216 valence electrons. The molecule has 5 nitrogen and oxygen atoms in total. The van der Waals surface area contributed by atoms with E-state index in [1.807, 2.05) is 0 Å². The van der Waals surface area contributed by atoms with Crippen LogP contribution in [-0.4, -0.2) is 63.4 Å². The number of rotatable bonds is 5. The van der Waals surface area contributed by atoms with E-state index >= 15 is 0 Å². The van der Waals surface area contributed by atoms with Crippen molar-refractivity contribution in [2.45, 2.75) is 121 Å². The highest BCUT2D eigenvalue weighted by atomic mass is 16.3. The Hall–Kier alpha value is -1.01. The van der Waals surface area contributed by atoms with Crippen molar-refractivity contribution >= 4 is 5.78 Å². The van der Waals surface area contributed by atoms with Crippen molar-refractivity contribution < 1.29 is 20.1 Å². The first kappa shape index (κ1) is 26.9. The van der Waals surface area contributed by atoms with E-state index < -0.39 is 5.60 Å². The van der Waals surface area contributed by atoms with Crippen LogP contribution >= 0.6 is 0 Å². The van der Waals surface area contributed by atoms with E-state index in [1.165, 1.54) is 6.42 Å². The van der Waals surface area contributed by atoms with Crippen molar-refractivity contribution in [1.29, 1.82) is 0 Å². The second-order valence-corrected chi connectivity index (χ2v) is 15.5. The zero-order valence-electron chi connectivity index (χ0n) is 24.3. The smallest absolute Gasteiger partial charge is 0.162 e. The normalized spacial score (nSPS) is 51.4. The molecule has 8 rings (SSSR count). The van der Waals surface area contributed by atoms with E-state index in [0.717, 1.165) is 95.6 Å². The molecule has 3 N–H and O–H groups in total. The summed E-state index contributed by atoms with van der Waals surface area (Å²) in [4.78, 5) is 17.0. The maximum atomic E-state index is 14.6. The summed E-state index contributed by atoms with van der Waals surface area (Å²) in [5.41, 5.74) is -0.517. The molecule has 1 unspecified atom stereocenters. The topological polar surface area (TPSA) is 81.0 Å². The lowest BCUT2D eigenvalue weighted by Crippen LogP contribution is -2.67. The van der Waals surface area contributed by atoms with E-state index in [9.17, 15) is 20.1 Å². The molecule has 1 heterocycles. The number of fused-ring (bicyclic) bond motifs is 1. The molecule has 4 saturated carbocycles. The number of allylic oxidation sites excluding steroid dienone is 4. The van der Waals surface area contributed by atoms with Gasteiger partial charge in [0.2, 0.25) is 0 Å². The van der Waals surface area contributed by atoms with Gasteiger partial charge in [-0.2, -0.15) is 0 Å². The van der Waals surface area contributed by atoms with E-state index in [-0.39, 0.29) is 52.2 Å². The number of carbonyl (C=O) groups is 1. The lowest BCUT2D eigenvalue weighted by atomic mass is 9.32. The number of β-amino-alcohol motifs (C(OH)–C–C–N with tert-alkyl or cyclic N) is 1. The summed E-state index contributed by atoms with van der Waals surface area (Å²) in [7, 11) is 0. The molecule has 0 aromatic carbocycles. The van der Waals surface area contributed by atoms with Crippen molar-refractivity contribution in [3.63, 3.8) is 0 Å². The highest BCUT2D eigenvalue weighted by Crippen LogP contribution is 2.78. The largest absolute Gasteiger partial charge is 0.395 e. The van der Waals surface area contributed by atoms with Gasteiger partial charge in [0.15, 0.2) is 5.78 Å². The van der Waals surface area contributed by atoms with Gasteiger partial charge in [-0.05, 0) is 94.4 Å². The van der Waals surface area contributed by atoms with Crippen LogP contribution in [0, 0.1) is 39.4 Å². The minimum atomic E-state index is -0.808. The van der Waals surface area contributed by atoms with E-state index in [4.69, 9.17) is 0 Å². The average Bonchev–Trinajstić information content (AvgIpc) is 3.49. The molecule has 5 fully saturated rings. The van der Waals surface area contributed by atoms with Crippen molar-refractivity contribution in [2.24, 2.45) is 39.4 Å². The van der Waals surface area contributed by atoms with Gasteiger partial charge in [-0.15, -0.1) is 0 Å². The van der Waals surface area contributed by atoms with Crippen LogP contribution in [0.25, 0.3) is 0 Å². The fourth-order valence-corrected chi connectivity index (χ4v) is 11.9. The number of hydrogen-bond donors (Lipinski definition) is 3. The Bertz CT molecular complexity index is 1080. The van der Waals surface area contributed by atoms with Gasteiger partial charge in [0.1, 0.15) is 0 Å². The maximum Gasteiger partial charge on any atom is 0.162 e. The van der Waals surface area contributed by atoms with E-state index in [0.29, 0.717) is 18.2 Å². The Morgan fingerprint density at radius 1 is 0.923 bits per heavy atom. The molecule has 1 aliphatic heterocycles. The van der Waals surface area contributed by atoms with Crippen LogP contribution in [-0.2, 0) is 4.79 Å². The van der Waals surface area contributed by atoms with E-state index in [2.05, 4.69) is 37.0 Å². The van der Waals surface area contributed by atoms with Crippen LogP contribution < -0.4 is 0 Å². The number of hydrogen-bond acceptors (Lipinski definition) is 5. The third-order valence-electron chi connectivity index (χ3n) is 14.1. The molecule has 5 heteroatoms. The van der Waals surface area contributed by atoms with Crippen LogP contribution in [0.4, 0.5) is 0 Å². The summed E-state index contributed by atoms with van der Waals surface area (Å²) in [6.45, 7) is 6.58. The summed E-state index contributed by atoms with van der Waals surface area (Å²) in [6, 6.07) is 0.159. The van der Waals surface area contributed by atoms with E-state index in [1.54, 1.807) is 0 Å². The molecule has 8 aliphatic rings. The number of aliphatic hydroxyl groups excluding tert-OH is 2. The first-order valence-electron chi connectivity index (χ1n) is 16.4. The predicted molar refractivity (Wildman–Crippen MR) is 152 cm³/mol. The zero-order valence-corrected chi connectivity index (χ0v) is 24.3. The van der Waals surface area contributed by atoms with Gasteiger partial charge in [-0.1, -0.05) is 51.3 Å². The molecule has 2 spiro atoms. The number of Topliss-reactive ketones (excluding diaryl/α,β-unsaturated/α-hetero) is 1. The van der Waals surface area contributed by atoms with Gasteiger partial charge in [0.05, 0.1) is 18.3 Å². The van der Waals surface area contributed by atoms with Gasteiger partial charge < -0.3 is 15.3 Å². The number of aliphatic hydroxyl groups is 3. The molecule has 2 bridgehead atoms. The molecule has 39 heavy (non-hydrogen) atoms. The fraction of sp³-hybridized carbons (Fsp3) is 0.853. The van der Waals surface area contributed by atoms with Gasteiger partial charge in [-0.3, -0.25) is 9.69 Å². The molecule has 0 radical (unpaired) electrons. The minimum absolute atomic E-state index is 0.0380. The molecular formula is C34H51NO4. The zero-order chi connectivity index (χ0) is 27.3. The molecule has 9 atom stereocenters. The Morgan fingerprint density at radius 3 is 2.41 bits per heavy atom. The number of ketones is 1. The van der Waals surface area contributed by atoms with Gasteiger partial charge in [0.25, 0.3) is 0 Å². The Kier molecular flexibility index (Phi) is 6.19. The molecule has 0 aromatic rings. The standard InChI is InChI=1S/C34H51NO4/c1-30-13-10-25(37)19-32(30)16-17-34(26(20-32)29(38)23-7-4-3-5-8-23)27(30)11-14-31(2)28(34)12-15-33(31,39)22-35-18-6-9-24(35)21-36/h16-17,20,23-25,27-28,36-37,39H,3-15,18-19,21-22H2,1-2H3/t24-,25?,27+,28+,30+,31-,32-,33+,34+/m0/s1. The summed E-state index contributed by atoms with van der Waals surface area (Å²) in [5, 5.41) is 33.4. The second-order valence-electron chi connectivity index (χ2n) is 15.5. The number of nitrogens with zero attached hydrogens (tertiary/aromatic N) is 1. The molecule has 0 aromatic heterocycles. The first-order chi connectivity index (χ1) is 18.6. The molecule has 1 saturated heterocycles. The highest BCUT2D eigenvalue weighted by molar-refractivity contribution is 6.00. The van der Waals surface area contributed by atoms with Gasteiger partial charge in [0, 0.05) is 40.3 Å². The molecule has 0 amide bonds. The number of carbonyl (C=O) groups excluding carboxylic acids is 1. The lowest BCUT2D eigenvalue weighted by Gasteiger charge is -2.71.